The maximum Gasteiger partial charge on any atom is 0.131 e. The van der Waals surface area contributed by atoms with E-state index in [0.29, 0.717) is 5.15 Å². The average Bonchev–Trinajstić information content (AvgIpc) is 2.16. The lowest BCUT2D eigenvalue weighted by Crippen LogP contribution is -2.39. The zero-order chi connectivity index (χ0) is 10.8. The molecule has 1 aromatic rings. The minimum absolute atomic E-state index is 0.582. The Morgan fingerprint density at radius 3 is 2.53 bits per heavy atom. The van der Waals surface area contributed by atoms with Crippen LogP contribution in [0.25, 0.3) is 0 Å². The SMILES string of the molecule is CC1CC(C)CN(c2cccc(Cl)n2)C1. The van der Waals surface area contributed by atoms with E-state index in [9.17, 15) is 0 Å². The first-order valence-corrected chi connectivity index (χ1v) is 5.90. The highest BCUT2D eigenvalue weighted by atomic mass is 35.5. The Labute approximate surface area is 96.3 Å². The lowest BCUT2D eigenvalue weighted by molar-refractivity contribution is 0.355. The molecule has 1 aliphatic heterocycles. The topological polar surface area (TPSA) is 16.1 Å². The van der Waals surface area contributed by atoms with Crippen LogP contribution in [0.3, 0.4) is 0 Å². The Hall–Kier alpha value is -0.760. The molecule has 1 saturated heterocycles. The Kier molecular flexibility index (Phi) is 3.15. The summed E-state index contributed by atoms with van der Waals surface area (Å²) in [4.78, 5) is 6.70. The first kappa shape index (κ1) is 10.7. The molecule has 1 aliphatic rings. The second-order valence-corrected chi connectivity index (χ2v) is 5.06. The number of piperidine rings is 1. The van der Waals surface area contributed by atoms with E-state index in [1.54, 1.807) is 0 Å². The van der Waals surface area contributed by atoms with Crippen molar-refractivity contribution in [2.24, 2.45) is 11.8 Å². The van der Waals surface area contributed by atoms with Gasteiger partial charge in [-0.1, -0.05) is 31.5 Å². The molecule has 0 saturated carbocycles. The molecule has 2 atom stereocenters. The molecule has 0 spiro atoms. The zero-order valence-electron chi connectivity index (χ0n) is 9.28. The fraction of sp³-hybridized carbons (Fsp3) is 0.583. The fourth-order valence-corrected chi connectivity index (χ4v) is 2.58. The first-order valence-electron chi connectivity index (χ1n) is 5.52. The number of pyridine rings is 1. The molecule has 82 valence electrons. The third-order valence-corrected chi connectivity index (χ3v) is 3.10. The highest BCUT2D eigenvalue weighted by molar-refractivity contribution is 6.29. The summed E-state index contributed by atoms with van der Waals surface area (Å²) in [6.07, 6.45) is 1.32. The van der Waals surface area contributed by atoms with Crippen molar-refractivity contribution in [2.45, 2.75) is 20.3 Å². The molecule has 3 heteroatoms. The summed E-state index contributed by atoms with van der Waals surface area (Å²) in [5, 5.41) is 0.582. The van der Waals surface area contributed by atoms with Crippen LogP contribution in [0.1, 0.15) is 20.3 Å². The molecule has 0 bridgehead atoms. The lowest BCUT2D eigenvalue weighted by Gasteiger charge is -2.35. The van der Waals surface area contributed by atoms with Crippen LogP contribution in [0.2, 0.25) is 5.15 Å². The molecule has 0 aromatic carbocycles. The summed E-state index contributed by atoms with van der Waals surface area (Å²) in [5.41, 5.74) is 0. The van der Waals surface area contributed by atoms with Crippen molar-refractivity contribution >= 4 is 17.4 Å². The molecule has 1 aromatic heterocycles. The summed E-state index contributed by atoms with van der Waals surface area (Å²) >= 11 is 5.90. The van der Waals surface area contributed by atoms with E-state index in [1.807, 2.05) is 18.2 Å². The van der Waals surface area contributed by atoms with Crippen molar-refractivity contribution < 1.29 is 0 Å². The van der Waals surface area contributed by atoms with Crippen molar-refractivity contribution in [1.29, 1.82) is 0 Å². The molecule has 0 amide bonds. The highest BCUT2D eigenvalue weighted by Crippen LogP contribution is 2.25. The minimum Gasteiger partial charge on any atom is -0.356 e. The maximum atomic E-state index is 5.90. The molecule has 2 unspecified atom stereocenters. The lowest BCUT2D eigenvalue weighted by atomic mass is 9.92. The van der Waals surface area contributed by atoms with Gasteiger partial charge in [0.05, 0.1) is 0 Å². The van der Waals surface area contributed by atoms with Crippen molar-refractivity contribution in [1.82, 2.24) is 4.98 Å². The largest absolute Gasteiger partial charge is 0.356 e. The quantitative estimate of drug-likeness (QED) is 0.681. The summed E-state index contributed by atoms with van der Waals surface area (Å²) < 4.78 is 0. The van der Waals surface area contributed by atoms with Crippen molar-refractivity contribution in [3.8, 4) is 0 Å². The third kappa shape index (κ3) is 2.63. The molecule has 0 N–H and O–H groups in total. The molecule has 1 fully saturated rings. The van der Waals surface area contributed by atoms with Crippen LogP contribution in [0, 0.1) is 11.8 Å². The van der Waals surface area contributed by atoms with E-state index in [4.69, 9.17) is 11.6 Å². The van der Waals surface area contributed by atoms with Gasteiger partial charge >= 0.3 is 0 Å². The number of aromatic nitrogens is 1. The predicted octanol–water partition coefficient (Wildman–Crippen LogP) is 3.22. The molecule has 0 radical (unpaired) electrons. The van der Waals surface area contributed by atoms with Gasteiger partial charge in [0.1, 0.15) is 11.0 Å². The van der Waals surface area contributed by atoms with Crippen molar-refractivity contribution in [3.05, 3.63) is 23.4 Å². The van der Waals surface area contributed by atoms with E-state index in [1.165, 1.54) is 6.42 Å². The van der Waals surface area contributed by atoms with Crippen LogP contribution >= 0.6 is 11.6 Å². The second-order valence-electron chi connectivity index (χ2n) is 4.67. The summed E-state index contributed by atoms with van der Waals surface area (Å²) in [6, 6.07) is 5.83. The fourth-order valence-electron chi connectivity index (χ4n) is 2.42. The van der Waals surface area contributed by atoms with Gasteiger partial charge in [-0.25, -0.2) is 4.98 Å². The van der Waals surface area contributed by atoms with Crippen LogP contribution in [-0.4, -0.2) is 18.1 Å². The normalized spacial score (nSPS) is 26.7. The predicted molar refractivity (Wildman–Crippen MR) is 64.4 cm³/mol. The monoisotopic (exact) mass is 224 g/mol. The van der Waals surface area contributed by atoms with E-state index in [0.717, 1.165) is 30.7 Å². The molecule has 2 rings (SSSR count). The van der Waals surface area contributed by atoms with Gasteiger partial charge in [0.15, 0.2) is 0 Å². The van der Waals surface area contributed by atoms with E-state index in [-0.39, 0.29) is 0 Å². The second kappa shape index (κ2) is 4.40. The Morgan fingerprint density at radius 2 is 1.93 bits per heavy atom. The summed E-state index contributed by atoms with van der Waals surface area (Å²) in [5.74, 6) is 2.50. The molecular weight excluding hydrogens is 208 g/mol. The van der Waals surface area contributed by atoms with Gasteiger partial charge in [-0.05, 0) is 30.4 Å². The maximum absolute atomic E-state index is 5.90. The van der Waals surface area contributed by atoms with Crippen LogP contribution in [0.5, 0.6) is 0 Å². The number of anilines is 1. The van der Waals surface area contributed by atoms with E-state index < -0.39 is 0 Å². The average molecular weight is 225 g/mol. The highest BCUT2D eigenvalue weighted by Gasteiger charge is 2.22. The van der Waals surface area contributed by atoms with E-state index in [2.05, 4.69) is 23.7 Å². The van der Waals surface area contributed by atoms with Gasteiger partial charge in [-0.2, -0.15) is 0 Å². The van der Waals surface area contributed by atoms with Gasteiger partial charge in [0, 0.05) is 13.1 Å². The molecular formula is C12H17ClN2. The Bertz CT molecular complexity index is 330. The summed E-state index contributed by atoms with van der Waals surface area (Å²) in [7, 11) is 0. The molecule has 2 nitrogen and oxygen atoms in total. The number of hydrogen-bond acceptors (Lipinski definition) is 2. The van der Waals surface area contributed by atoms with Gasteiger partial charge in [0.25, 0.3) is 0 Å². The minimum atomic E-state index is 0.582. The van der Waals surface area contributed by atoms with Gasteiger partial charge < -0.3 is 4.90 Å². The van der Waals surface area contributed by atoms with Crippen molar-refractivity contribution in [2.75, 3.05) is 18.0 Å². The van der Waals surface area contributed by atoms with E-state index >= 15 is 0 Å². The zero-order valence-corrected chi connectivity index (χ0v) is 10.0. The summed E-state index contributed by atoms with van der Waals surface area (Å²) in [6.45, 7) is 6.79. The van der Waals surface area contributed by atoms with Gasteiger partial charge in [0.2, 0.25) is 0 Å². The number of hydrogen-bond donors (Lipinski definition) is 0. The molecule has 0 aliphatic carbocycles. The molecule has 2 heterocycles. The Balaban J connectivity index is 2.16. The van der Waals surface area contributed by atoms with Crippen LogP contribution in [-0.2, 0) is 0 Å². The third-order valence-electron chi connectivity index (χ3n) is 2.89. The van der Waals surface area contributed by atoms with Crippen molar-refractivity contribution in [3.63, 3.8) is 0 Å². The molecule has 15 heavy (non-hydrogen) atoms. The number of nitrogens with zero attached hydrogens (tertiary/aromatic N) is 2. The van der Waals surface area contributed by atoms with Crippen LogP contribution < -0.4 is 4.90 Å². The first-order chi connectivity index (χ1) is 7.15. The number of rotatable bonds is 1. The Morgan fingerprint density at radius 1 is 1.27 bits per heavy atom. The smallest absolute Gasteiger partial charge is 0.131 e. The van der Waals surface area contributed by atoms with Gasteiger partial charge in [-0.3, -0.25) is 0 Å². The van der Waals surface area contributed by atoms with Crippen LogP contribution in [0.4, 0.5) is 5.82 Å². The standard InChI is InChI=1S/C12H17ClN2/c1-9-6-10(2)8-15(7-9)12-5-3-4-11(13)14-12/h3-5,9-10H,6-8H2,1-2H3. The van der Waals surface area contributed by atoms with Crippen LogP contribution in [0.15, 0.2) is 18.2 Å². The number of halogens is 1. The van der Waals surface area contributed by atoms with Gasteiger partial charge in [-0.15, -0.1) is 0 Å².